The lowest BCUT2D eigenvalue weighted by atomic mass is 9.98. The van der Waals surface area contributed by atoms with Gasteiger partial charge in [-0.1, -0.05) is 29.8 Å². The Morgan fingerprint density at radius 3 is 2.95 bits per heavy atom. The van der Waals surface area contributed by atoms with Crippen LogP contribution in [0.5, 0.6) is 0 Å². The first-order valence-electron chi connectivity index (χ1n) is 7.07. The molecule has 2 aliphatic heterocycles. The SMILES string of the molecule is Cc1cccc([C@@H]2NCC[C@@H]2N2CCC(O)C2)c1Cl. The van der Waals surface area contributed by atoms with Crippen molar-refractivity contribution in [3.63, 3.8) is 0 Å². The lowest BCUT2D eigenvalue weighted by molar-refractivity contribution is 0.153. The van der Waals surface area contributed by atoms with Gasteiger partial charge in [0.2, 0.25) is 0 Å². The van der Waals surface area contributed by atoms with E-state index >= 15 is 0 Å². The molecule has 1 aromatic carbocycles. The molecule has 19 heavy (non-hydrogen) atoms. The zero-order chi connectivity index (χ0) is 13.4. The number of hydrogen-bond donors (Lipinski definition) is 2. The van der Waals surface area contributed by atoms with Gasteiger partial charge in [0, 0.05) is 30.2 Å². The number of β-amino-alcohol motifs (C(OH)–C–C–N with tert-alkyl or cyclic N) is 1. The Bertz CT molecular complexity index is 465. The number of benzene rings is 1. The average Bonchev–Trinajstić information content (AvgIpc) is 3.01. The van der Waals surface area contributed by atoms with Gasteiger partial charge in [0.15, 0.2) is 0 Å². The minimum atomic E-state index is -0.158. The third-order valence-electron chi connectivity index (χ3n) is 4.41. The summed E-state index contributed by atoms with van der Waals surface area (Å²) in [5.74, 6) is 0. The van der Waals surface area contributed by atoms with E-state index in [1.807, 2.05) is 0 Å². The van der Waals surface area contributed by atoms with Gasteiger partial charge in [-0.05, 0) is 37.4 Å². The second kappa shape index (κ2) is 5.41. The number of likely N-dealkylation sites (tertiary alicyclic amines) is 1. The lowest BCUT2D eigenvalue weighted by Crippen LogP contribution is -2.38. The number of aryl methyl sites for hydroxylation is 1. The van der Waals surface area contributed by atoms with E-state index in [9.17, 15) is 5.11 Å². The van der Waals surface area contributed by atoms with Crippen molar-refractivity contribution < 1.29 is 5.11 Å². The predicted molar refractivity (Wildman–Crippen MR) is 77.5 cm³/mol. The van der Waals surface area contributed by atoms with Gasteiger partial charge >= 0.3 is 0 Å². The molecule has 104 valence electrons. The van der Waals surface area contributed by atoms with Gasteiger partial charge in [0.1, 0.15) is 0 Å². The fraction of sp³-hybridized carbons (Fsp3) is 0.600. The lowest BCUT2D eigenvalue weighted by Gasteiger charge is -2.29. The molecular formula is C15H21ClN2O. The first-order valence-corrected chi connectivity index (χ1v) is 7.45. The Hall–Kier alpha value is -0.610. The molecule has 0 radical (unpaired) electrons. The molecule has 0 aliphatic carbocycles. The van der Waals surface area contributed by atoms with E-state index in [0.717, 1.165) is 43.1 Å². The van der Waals surface area contributed by atoms with Crippen LogP contribution in [0.4, 0.5) is 0 Å². The van der Waals surface area contributed by atoms with Gasteiger partial charge in [-0.3, -0.25) is 4.90 Å². The molecule has 0 spiro atoms. The third kappa shape index (κ3) is 2.52. The Kier molecular flexibility index (Phi) is 3.81. The van der Waals surface area contributed by atoms with E-state index in [2.05, 4.69) is 35.3 Å². The minimum Gasteiger partial charge on any atom is -0.392 e. The van der Waals surface area contributed by atoms with E-state index in [4.69, 9.17) is 11.6 Å². The highest BCUT2D eigenvalue weighted by molar-refractivity contribution is 6.32. The summed E-state index contributed by atoms with van der Waals surface area (Å²) >= 11 is 6.47. The van der Waals surface area contributed by atoms with E-state index < -0.39 is 0 Å². The van der Waals surface area contributed by atoms with Gasteiger partial charge in [-0.15, -0.1) is 0 Å². The van der Waals surface area contributed by atoms with Gasteiger partial charge in [0.05, 0.1) is 6.10 Å². The molecule has 0 saturated carbocycles. The van der Waals surface area contributed by atoms with Crippen molar-refractivity contribution in [1.29, 1.82) is 0 Å². The number of halogens is 1. The van der Waals surface area contributed by atoms with Crippen molar-refractivity contribution in [2.75, 3.05) is 19.6 Å². The van der Waals surface area contributed by atoms with E-state index in [0.29, 0.717) is 6.04 Å². The molecule has 0 bridgehead atoms. The van der Waals surface area contributed by atoms with Crippen molar-refractivity contribution in [1.82, 2.24) is 10.2 Å². The molecule has 2 aliphatic rings. The summed E-state index contributed by atoms with van der Waals surface area (Å²) in [6, 6.07) is 6.99. The van der Waals surface area contributed by atoms with Crippen LogP contribution in [0.1, 0.15) is 30.0 Å². The highest BCUT2D eigenvalue weighted by Gasteiger charge is 2.37. The molecule has 1 unspecified atom stereocenters. The Labute approximate surface area is 119 Å². The standard InChI is InChI=1S/C15H21ClN2O/c1-10-3-2-4-12(14(10)16)15-13(5-7-17-15)18-8-6-11(19)9-18/h2-4,11,13,15,17,19H,5-9H2,1H3/t11?,13-,15-/m0/s1. The first kappa shape index (κ1) is 13.4. The Morgan fingerprint density at radius 1 is 1.37 bits per heavy atom. The van der Waals surface area contributed by atoms with Crippen molar-refractivity contribution in [2.24, 2.45) is 0 Å². The second-order valence-corrected chi connectivity index (χ2v) is 6.08. The maximum absolute atomic E-state index is 9.73. The quantitative estimate of drug-likeness (QED) is 0.871. The summed E-state index contributed by atoms with van der Waals surface area (Å²) in [7, 11) is 0. The number of rotatable bonds is 2. The van der Waals surface area contributed by atoms with Crippen LogP contribution in [0.15, 0.2) is 18.2 Å². The molecule has 2 saturated heterocycles. The monoisotopic (exact) mass is 280 g/mol. The molecule has 0 aromatic heterocycles. The zero-order valence-corrected chi connectivity index (χ0v) is 12.0. The molecular weight excluding hydrogens is 260 g/mol. The number of hydrogen-bond acceptors (Lipinski definition) is 3. The average molecular weight is 281 g/mol. The highest BCUT2D eigenvalue weighted by atomic mass is 35.5. The molecule has 3 atom stereocenters. The molecule has 1 aromatic rings. The summed E-state index contributed by atoms with van der Waals surface area (Å²) < 4.78 is 0. The molecule has 2 N–H and O–H groups in total. The van der Waals surface area contributed by atoms with Crippen LogP contribution in [0, 0.1) is 6.92 Å². The van der Waals surface area contributed by atoms with Gasteiger partial charge in [-0.25, -0.2) is 0 Å². The van der Waals surface area contributed by atoms with Crippen LogP contribution in [0.3, 0.4) is 0 Å². The first-order chi connectivity index (χ1) is 9.16. The largest absolute Gasteiger partial charge is 0.392 e. The van der Waals surface area contributed by atoms with Crippen molar-refractivity contribution in [3.05, 3.63) is 34.3 Å². The van der Waals surface area contributed by atoms with E-state index in [1.54, 1.807) is 0 Å². The fourth-order valence-corrected chi connectivity index (χ4v) is 3.62. The van der Waals surface area contributed by atoms with Crippen LogP contribution >= 0.6 is 11.6 Å². The number of aliphatic hydroxyl groups is 1. The molecule has 2 heterocycles. The molecule has 3 nitrogen and oxygen atoms in total. The number of nitrogens with one attached hydrogen (secondary N) is 1. The zero-order valence-electron chi connectivity index (χ0n) is 11.3. The van der Waals surface area contributed by atoms with Crippen LogP contribution in [-0.2, 0) is 0 Å². The normalized spacial score (nSPS) is 32.1. The Balaban J connectivity index is 1.85. The highest BCUT2D eigenvalue weighted by Crippen LogP contribution is 2.35. The molecule has 2 fully saturated rings. The van der Waals surface area contributed by atoms with Crippen LogP contribution in [0.2, 0.25) is 5.02 Å². The van der Waals surface area contributed by atoms with Crippen molar-refractivity contribution in [3.8, 4) is 0 Å². The summed E-state index contributed by atoms with van der Waals surface area (Å²) in [4.78, 5) is 2.41. The number of aliphatic hydroxyl groups excluding tert-OH is 1. The molecule has 4 heteroatoms. The van der Waals surface area contributed by atoms with Gasteiger partial charge < -0.3 is 10.4 Å². The van der Waals surface area contributed by atoms with Gasteiger partial charge in [0.25, 0.3) is 0 Å². The molecule has 3 rings (SSSR count). The predicted octanol–water partition coefficient (Wildman–Crippen LogP) is 2.12. The topological polar surface area (TPSA) is 35.5 Å². The summed E-state index contributed by atoms with van der Waals surface area (Å²) in [5, 5.41) is 14.2. The fourth-order valence-electron chi connectivity index (χ4n) is 3.38. The van der Waals surface area contributed by atoms with Crippen molar-refractivity contribution >= 4 is 11.6 Å². The maximum Gasteiger partial charge on any atom is 0.0679 e. The third-order valence-corrected chi connectivity index (χ3v) is 4.93. The summed E-state index contributed by atoms with van der Waals surface area (Å²) in [6.07, 6.45) is 1.86. The summed E-state index contributed by atoms with van der Waals surface area (Å²) in [6.45, 7) is 4.86. The van der Waals surface area contributed by atoms with Crippen LogP contribution in [0.25, 0.3) is 0 Å². The second-order valence-electron chi connectivity index (χ2n) is 5.70. The van der Waals surface area contributed by atoms with Crippen LogP contribution in [-0.4, -0.2) is 41.8 Å². The Morgan fingerprint density at radius 2 is 2.21 bits per heavy atom. The van der Waals surface area contributed by atoms with Crippen LogP contribution < -0.4 is 5.32 Å². The smallest absolute Gasteiger partial charge is 0.0679 e. The van der Waals surface area contributed by atoms with Crippen molar-refractivity contribution in [2.45, 2.75) is 38.0 Å². The van der Waals surface area contributed by atoms with Gasteiger partial charge in [-0.2, -0.15) is 0 Å². The maximum atomic E-state index is 9.73. The number of nitrogens with zero attached hydrogens (tertiary/aromatic N) is 1. The van der Waals surface area contributed by atoms with E-state index in [1.165, 1.54) is 5.56 Å². The molecule has 0 amide bonds. The van der Waals surface area contributed by atoms with E-state index in [-0.39, 0.29) is 12.1 Å². The minimum absolute atomic E-state index is 0.158. The summed E-state index contributed by atoms with van der Waals surface area (Å²) in [5.41, 5.74) is 2.33.